The fourth-order valence-electron chi connectivity index (χ4n) is 2.66. The van der Waals surface area contributed by atoms with Crippen LogP contribution >= 0.6 is 0 Å². The molecule has 0 aromatic heterocycles. The third-order valence-corrected chi connectivity index (χ3v) is 5.49. The van der Waals surface area contributed by atoms with E-state index in [1.54, 1.807) is 0 Å². The zero-order valence-corrected chi connectivity index (χ0v) is 15.1. The molecular weight excluding hydrogens is 378 g/mol. The summed E-state index contributed by atoms with van der Waals surface area (Å²) in [4.78, 5) is 11.7. The summed E-state index contributed by atoms with van der Waals surface area (Å²) >= 11 is 0. The van der Waals surface area contributed by atoms with Gasteiger partial charge in [-0.1, -0.05) is 0 Å². The topological polar surface area (TPSA) is 84.5 Å². The van der Waals surface area contributed by atoms with Crippen LogP contribution in [-0.4, -0.2) is 33.6 Å². The molecule has 27 heavy (non-hydrogen) atoms. The van der Waals surface area contributed by atoms with Crippen LogP contribution in [0.2, 0.25) is 0 Å². The van der Waals surface area contributed by atoms with Crippen molar-refractivity contribution in [3.63, 3.8) is 0 Å². The molecule has 1 aliphatic rings. The zero-order chi connectivity index (χ0) is 19.4. The Morgan fingerprint density at radius 1 is 1.11 bits per heavy atom. The lowest BCUT2D eigenvalue weighted by Gasteiger charge is -2.11. The molecule has 0 saturated carbocycles. The Morgan fingerprint density at radius 3 is 2.48 bits per heavy atom. The van der Waals surface area contributed by atoms with Gasteiger partial charge in [-0.2, -0.15) is 0 Å². The zero-order valence-electron chi connectivity index (χ0n) is 14.2. The molecule has 1 saturated heterocycles. The first kappa shape index (κ1) is 19.2. The fourth-order valence-corrected chi connectivity index (χ4v) is 3.73. The number of nitrogens with one attached hydrogen (secondary N) is 2. The van der Waals surface area contributed by atoms with E-state index in [9.17, 15) is 22.0 Å². The van der Waals surface area contributed by atoms with Gasteiger partial charge in [-0.25, -0.2) is 17.2 Å². The first-order valence-electron chi connectivity index (χ1n) is 8.33. The summed E-state index contributed by atoms with van der Waals surface area (Å²) < 4.78 is 58.4. The van der Waals surface area contributed by atoms with Crippen LogP contribution in [0.3, 0.4) is 0 Å². The number of hydrogen-bond acceptors (Lipinski definition) is 4. The van der Waals surface area contributed by atoms with Crippen molar-refractivity contribution in [2.24, 2.45) is 0 Å². The first-order chi connectivity index (χ1) is 12.8. The molecule has 3 rings (SSSR count). The Balaban J connectivity index is 1.64. The van der Waals surface area contributed by atoms with Crippen LogP contribution in [0.15, 0.2) is 47.4 Å². The van der Waals surface area contributed by atoms with E-state index in [1.165, 1.54) is 24.3 Å². The summed E-state index contributed by atoms with van der Waals surface area (Å²) in [5.74, 6) is -2.68. The van der Waals surface area contributed by atoms with Crippen LogP contribution in [0.25, 0.3) is 0 Å². The van der Waals surface area contributed by atoms with E-state index in [-0.39, 0.29) is 17.7 Å². The largest absolute Gasteiger partial charge is 0.376 e. The van der Waals surface area contributed by atoms with Gasteiger partial charge in [0, 0.05) is 24.4 Å². The van der Waals surface area contributed by atoms with Gasteiger partial charge >= 0.3 is 0 Å². The fraction of sp³-hybridized carbons (Fsp3) is 0.278. The first-order valence-corrected chi connectivity index (χ1v) is 9.81. The average molecular weight is 396 g/mol. The third kappa shape index (κ3) is 4.81. The number of rotatable bonds is 6. The van der Waals surface area contributed by atoms with E-state index in [1.807, 2.05) is 0 Å². The lowest BCUT2D eigenvalue weighted by atomic mass is 10.2. The van der Waals surface area contributed by atoms with E-state index in [0.717, 1.165) is 25.0 Å². The van der Waals surface area contributed by atoms with Gasteiger partial charge in [0.2, 0.25) is 0 Å². The van der Waals surface area contributed by atoms with Crippen molar-refractivity contribution in [1.82, 2.24) is 5.32 Å². The van der Waals surface area contributed by atoms with Crippen molar-refractivity contribution in [3.8, 4) is 0 Å². The van der Waals surface area contributed by atoms with E-state index >= 15 is 0 Å². The summed E-state index contributed by atoms with van der Waals surface area (Å²) in [6.45, 7) is 1.12. The summed E-state index contributed by atoms with van der Waals surface area (Å²) in [6.07, 6.45) is 1.91. The normalized spacial score (nSPS) is 16.9. The number of hydrogen-bond donors (Lipinski definition) is 2. The summed E-state index contributed by atoms with van der Waals surface area (Å²) in [5.41, 5.74) is 0.555. The van der Waals surface area contributed by atoms with Gasteiger partial charge < -0.3 is 10.1 Å². The van der Waals surface area contributed by atoms with E-state index in [2.05, 4.69) is 10.0 Å². The van der Waals surface area contributed by atoms with Crippen molar-refractivity contribution in [2.45, 2.75) is 23.8 Å². The van der Waals surface area contributed by atoms with Crippen LogP contribution in [-0.2, 0) is 14.8 Å². The van der Waals surface area contributed by atoms with E-state index in [0.29, 0.717) is 24.8 Å². The number of benzene rings is 2. The maximum absolute atomic E-state index is 13.3. The highest BCUT2D eigenvalue weighted by molar-refractivity contribution is 7.92. The molecule has 0 unspecified atom stereocenters. The Bertz CT molecular complexity index is 927. The smallest absolute Gasteiger partial charge is 0.261 e. The number of ether oxygens (including phenoxy) is 1. The molecular formula is C18H18F2N2O4S. The second-order valence-electron chi connectivity index (χ2n) is 6.10. The molecule has 0 bridgehead atoms. The lowest BCUT2D eigenvalue weighted by molar-refractivity contribution is 0.0858. The highest BCUT2D eigenvalue weighted by Gasteiger charge is 2.18. The molecule has 0 radical (unpaired) electrons. The summed E-state index contributed by atoms with van der Waals surface area (Å²) in [5, 5.41) is 2.77. The second-order valence-corrected chi connectivity index (χ2v) is 7.79. The van der Waals surface area contributed by atoms with Gasteiger partial charge in [0.15, 0.2) is 11.6 Å². The lowest BCUT2D eigenvalue weighted by Crippen LogP contribution is -2.31. The predicted molar refractivity (Wildman–Crippen MR) is 94.9 cm³/mol. The van der Waals surface area contributed by atoms with Crippen LogP contribution in [0.4, 0.5) is 14.5 Å². The van der Waals surface area contributed by atoms with Gasteiger partial charge in [0.05, 0.1) is 11.0 Å². The molecule has 1 heterocycles. The molecule has 6 nitrogen and oxygen atoms in total. The van der Waals surface area contributed by atoms with Crippen molar-refractivity contribution in [2.75, 3.05) is 17.9 Å². The molecule has 0 aliphatic carbocycles. The number of sulfonamides is 1. The third-order valence-electron chi connectivity index (χ3n) is 4.11. The number of amides is 1. The number of carbonyl (C=O) groups excluding carboxylic acids is 1. The van der Waals surface area contributed by atoms with Crippen LogP contribution in [0.5, 0.6) is 0 Å². The molecule has 9 heteroatoms. The van der Waals surface area contributed by atoms with Gasteiger partial charge in [0.25, 0.3) is 15.9 Å². The molecule has 1 amide bonds. The van der Waals surface area contributed by atoms with Gasteiger partial charge in [0.1, 0.15) is 0 Å². The maximum atomic E-state index is 13.3. The highest BCUT2D eigenvalue weighted by Crippen LogP contribution is 2.19. The Hall–Kier alpha value is -2.52. The average Bonchev–Trinajstić information content (AvgIpc) is 3.16. The second kappa shape index (κ2) is 8.01. The SMILES string of the molecule is O=C(NC[C@@H]1CCCO1)c1ccc(NS(=O)(=O)c2ccc(F)c(F)c2)cc1. The van der Waals surface area contributed by atoms with Gasteiger partial charge in [-0.05, 0) is 55.3 Å². The van der Waals surface area contributed by atoms with Gasteiger partial charge in [-0.15, -0.1) is 0 Å². The van der Waals surface area contributed by atoms with Crippen molar-refractivity contribution in [1.29, 1.82) is 0 Å². The molecule has 144 valence electrons. The Kier molecular flexibility index (Phi) is 5.71. The molecule has 1 fully saturated rings. The Morgan fingerprint density at radius 2 is 1.85 bits per heavy atom. The number of halogens is 2. The summed E-state index contributed by atoms with van der Waals surface area (Å²) in [7, 11) is -4.08. The molecule has 2 aromatic rings. The van der Waals surface area contributed by atoms with E-state index in [4.69, 9.17) is 4.74 Å². The van der Waals surface area contributed by atoms with Crippen LogP contribution in [0, 0.1) is 11.6 Å². The number of anilines is 1. The number of carbonyl (C=O) groups is 1. The minimum atomic E-state index is -4.08. The molecule has 1 atom stereocenters. The molecule has 2 N–H and O–H groups in total. The van der Waals surface area contributed by atoms with Gasteiger partial charge in [-0.3, -0.25) is 9.52 Å². The van der Waals surface area contributed by atoms with Crippen LogP contribution in [0.1, 0.15) is 23.2 Å². The van der Waals surface area contributed by atoms with E-state index < -0.39 is 26.6 Å². The van der Waals surface area contributed by atoms with Crippen molar-refractivity contribution < 1.29 is 26.7 Å². The predicted octanol–water partition coefficient (Wildman–Crippen LogP) is 2.67. The quantitative estimate of drug-likeness (QED) is 0.786. The molecule has 1 aliphatic heterocycles. The standard InChI is InChI=1S/C18H18F2N2O4S/c19-16-8-7-15(10-17(16)20)27(24,25)22-13-5-3-12(4-6-13)18(23)21-11-14-2-1-9-26-14/h3-8,10,14,22H,1-2,9,11H2,(H,21,23)/t14-/m0/s1. The minimum Gasteiger partial charge on any atom is -0.376 e. The Labute approximate surface area is 155 Å². The monoisotopic (exact) mass is 396 g/mol. The summed E-state index contributed by atoms with van der Waals surface area (Å²) in [6, 6.07) is 8.07. The van der Waals surface area contributed by atoms with Crippen LogP contribution < -0.4 is 10.0 Å². The highest BCUT2D eigenvalue weighted by atomic mass is 32.2. The minimum absolute atomic E-state index is 0.0242. The maximum Gasteiger partial charge on any atom is 0.261 e. The van der Waals surface area contributed by atoms with Crippen molar-refractivity contribution in [3.05, 3.63) is 59.7 Å². The molecule has 2 aromatic carbocycles. The van der Waals surface area contributed by atoms with Crippen molar-refractivity contribution >= 4 is 21.6 Å². The molecule has 0 spiro atoms.